The Balaban J connectivity index is 1.63. The quantitative estimate of drug-likeness (QED) is 0.782. The van der Waals surface area contributed by atoms with Gasteiger partial charge in [-0.3, -0.25) is 4.98 Å². The molecule has 0 saturated carbocycles. The third kappa shape index (κ3) is 2.29. The number of pyridine rings is 1. The Kier molecular flexibility index (Phi) is 2.92. The van der Waals surface area contributed by atoms with Gasteiger partial charge in [0.05, 0.1) is 12.2 Å². The van der Waals surface area contributed by atoms with Gasteiger partial charge in [-0.05, 0) is 17.7 Å². The number of anilines is 1. The predicted octanol–water partition coefficient (Wildman–Crippen LogP) is 3.15. The van der Waals surface area contributed by atoms with Crippen molar-refractivity contribution in [3.63, 3.8) is 0 Å². The molecule has 3 heterocycles. The lowest BCUT2D eigenvalue weighted by molar-refractivity contribution is 0.506. The van der Waals surface area contributed by atoms with Crippen molar-refractivity contribution >= 4 is 5.82 Å². The minimum absolute atomic E-state index is 0.462. The molecule has 0 radical (unpaired) electrons. The van der Waals surface area contributed by atoms with Gasteiger partial charge in [-0.2, -0.15) is 5.10 Å². The highest BCUT2D eigenvalue weighted by molar-refractivity contribution is 5.62. The first-order valence-electron chi connectivity index (χ1n) is 7.17. The molecule has 1 unspecified atom stereocenters. The second kappa shape index (κ2) is 5.05. The van der Waals surface area contributed by atoms with Crippen molar-refractivity contribution < 1.29 is 0 Å². The Labute approximate surface area is 123 Å². The molecule has 1 atom stereocenters. The van der Waals surface area contributed by atoms with Crippen LogP contribution in [0.4, 0.5) is 5.82 Å². The molecule has 0 spiro atoms. The van der Waals surface area contributed by atoms with Gasteiger partial charge in [-0.25, -0.2) is 4.68 Å². The summed E-state index contributed by atoms with van der Waals surface area (Å²) in [5.41, 5.74) is 3.45. The molecule has 0 saturated heterocycles. The Morgan fingerprint density at radius 3 is 2.67 bits per heavy atom. The topological polar surface area (TPSA) is 42.7 Å². The van der Waals surface area contributed by atoms with Crippen LogP contribution >= 0.6 is 0 Å². The number of aromatic nitrogens is 3. The lowest BCUT2D eigenvalue weighted by Gasteiger charge is -2.25. The summed E-state index contributed by atoms with van der Waals surface area (Å²) in [4.78, 5) is 4.05. The van der Waals surface area contributed by atoms with Crippen molar-refractivity contribution in [1.82, 2.24) is 14.8 Å². The third-order valence-electron chi connectivity index (χ3n) is 3.95. The number of hydrogen-bond acceptors (Lipinski definition) is 3. The summed E-state index contributed by atoms with van der Waals surface area (Å²) in [7, 11) is 0. The standard InChI is InChI=1S/C17H16N4/c1-2-4-13(5-3-1)15-11-19-17-10-16(20-21(17)12-15)14-6-8-18-9-7-14/h1-10,15,19H,11-12H2. The summed E-state index contributed by atoms with van der Waals surface area (Å²) in [5, 5.41) is 8.21. The van der Waals surface area contributed by atoms with E-state index >= 15 is 0 Å². The first-order valence-corrected chi connectivity index (χ1v) is 7.17. The van der Waals surface area contributed by atoms with Crippen molar-refractivity contribution in [2.24, 2.45) is 0 Å². The Morgan fingerprint density at radius 2 is 1.86 bits per heavy atom. The van der Waals surface area contributed by atoms with Gasteiger partial charge in [-0.1, -0.05) is 30.3 Å². The zero-order chi connectivity index (χ0) is 14.1. The monoisotopic (exact) mass is 276 g/mol. The highest BCUT2D eigenvalue weighted by Crippen LogP contribution is 2.28. The maximum Gasteiger partial charge on any atom is 0.124 e. The molecule has 21 heavy (non-hydrogen) atoms. The van der Waals surface area contributed by atoms with Gasteiger partial charge >= 0.3 is 0 Å². The van der Waals surface area contributed by atoms with E-state index in [2.05, 4.69) is 51.4 Å². The van der Waals surface area contributed by atoms with Gasteiger partial charge in [0.1, 0.15) is 5.82 Å². The zero-order valence-electron chi connectivity index (χ0n) is 11.6. The number of hydrogen-bond donors (Lipinski definition) is 1. The van der Waals surface area contributed by atoms with Crippen molar-refractivity contribution in [2.45, 2.75) is 12.5 Å². The zero-order valence-corrected chi connectivity index (χ0v) is 11.6. The van der Waals surface area contributed by atoms with E-state index in [4.69, 9.17) is 5.10 Å². The summed E-state index contributed by atoms with van der Waals surface area (Å²) < 4.78 is 2.07. The van der Waals surface area contributed by atoms with E-state index in [-0.39, 0.29) is 0 Å². The van der Waals surface area contributed by atoms with Gasteiger partial charge < -0.3 is 5.32 Å². The van der Waals surface area contributed by atoms with Gasteiger partial charge in [0.25, 0.3) is 0 Å². The summed E-state index contributed by atoms with van der Waals surface area (Å²) in [6.07, 6.45) is 3.60. The lowest BCUT2D eigenvalue weighted by Crippen LogP contribution is -2.26. The van der Waals surface area contributed by atoms with Gasteiger partial charge in [0.15, 0.2) is 0 Å². The van der Waals surface area contributed by atoms with Crippen LogP contribution in [0.5, 0.6) is 0 Å². The van der Waals surface area contributed by atoms with Crippen LogP contribution in [0, 0.1) is 0 Å². The first-order chi connectivity index (χ1) is 10.4. The van der Waals surface area contributed by atoms with Crippen molar-refractivity contribution in [3.8, 4) is 11.3 Å². The number of nitrogens with one attached hydrogen (secondary N) is 1. The third-order valence-corrected chi connectivity index (χ3v) is 3.95. The molecule has 4 nitrogen and oxygen atoms in total. The molecule has 1 N–H and O–H groups in total. The highest BCUT2D eigenvalue weighted by Gasteiger charge is 2.21. The molecule has 1 aromatic carbocycles. The molecular weight excluding hydrogens is 260 g/mol. The molecule has 4 rings (SSSR count). The van der Waals surface area contributed by atoms with Crippen molar-refractivity contribution in [3.05, 3.63) is 66.5 Å². The number of fused-ring (bicyclic) bond motifs is 1. The smallest absolute Gasteiger partial charge is 0.124 e. The van der Waals surface area contributed by atoms with Gasteiger partial charge in [0, 0.05) is 36.5 Å². The van der Waals surface area contributed by atoms with E-state index in [9.17, 15) is 0 Å². The maximum absolute atomic E-state index is 4.72. The SMILES string of the molecule is c1ccc(C2CNc3cc(-c4ccncc4)nn3C2)cc1. The van der Waals surface area contributed by atoms with E-state index in [1.807, 2.05) is 12.1 Å². The Hall–Kier alpha value is -2.62. The van der Waals surface area contributed by atoms with E-state index in [0.29, 0.717) is 5.92 Å². The van der Waals surface area contributed by atoms with E-state index in [1.54, 1.807) is 12.4 Å². The number of benzene rings is 1. The van der Waals surface area contributed by atoms with Crippen LogP contribution < -0.4 is 5.32 Å². The normalized spacial score (nSPS) is 17.0. The van der Waals surface area contributed by atoms with Crippen LogP contribution in [0.1, 0.15) is 11.5 Å². The Bertz CT molecular complexity index is 734. The maximum atomic E-state index is 4.72. The number of nitrogens with zero attached hydrogens (tertiary/aromatic N) is 3. The van der Waals surface area contributed by atoms with Crippen LogP contribution in [-0.4, -0.2) is 21.3 Å². The van der Waals surface area contributed by atoms with Crippen LogP contribution in [0.2, 0.25) is 0 Å². The fraction of sp³-hybridized carbons (Fsp3) is 0.176. The second-order valence-electron chi connectivity index (χ2n) is 5.32. The molecule has 0 fully saturated rings. The summed E-state index contributed by atoms with van der Waals surface area (Å²) in [5.74, 6) is 1.55. The van der Waals surface area contributed by atoms with Gasteiger partial charge in [0.2, 0.25) is 0 Å². The van der Waals surface area contributed by atoms with Crippen LogP contribution in [0.25, 0.3) is 11.3 Å². The van der Waals surface area contributed by atoms with Crippen LogP contribution in [0.3, 0.4) is 0 Å². The molecule has 0 amide bonds. The molecular formula is C17H16N4. The molecule has 104 valence electrons. The summed E-state index contributed by atoms with van der Waals surface area (Å²) in [6, 6.07) is 16.7. The molecule has 1 aliphatic rings. The lowest BCUT2D eigenvalue weighted by atomic mass is 9.98. The van der Waals surface area contributed by atoms with Crippen molar-refractivity contribution in [2.75, 3.05) is 11.9 Å². The van der Waals surface area contributed by atoms with Crippen LogP contribution in [-0.2, 0) is 6.54 Å². The second-order valence-corrected chi connectivity index (χ2v) is 5.32. The predicted molar refractivity (Wildman–Crippen MR) is 83.1 cm³/mol. The van der Waals surface area contributed by atoms with Gasteiger partial charge in [-0.15, -0.1) is 0 Å². The average molecular weight is 276 g/mol. The molecule has 0 aliphatic carbocycles. The average Bonchev–Trinajstić information content (AvgIpc) is 2.99. The van der Waals surface area contributed by atoms with E-state index in [0.717, 1.165) is 30.2 Å². The molecule has 0 bridgehead atoms. The minimum Gasteiger partial charge on any atom is -0.370 e. The Morgan fingerprint density at radius 1 is 1.05 bits per heavy atom. The first kappa shape index (κ1) is 12.1. The van der Waals surface area contributed by atoms with Crippen LogP contribution in [0.15, 0.2) is 60.9 Å². The fourth-order valence-electron chi connectivity index (χ4n) is 2.81. The molecule has 1 aliphatic heterocycles. The van der Waals surface area contributed by atoms with Crippen molar-refractivity contribution in [1.29, 1.82) is 0 Å². The summed E-state index contributed by atoms with van der Waals surface area (Å²) in [6.45, 7) is 1.86. The van der Waals surface area contributed by atoms with E-state index < -0.39 is 0 Å². The molecule has 4 heteroatoms. The highest BCUT2D eigenvalue weighted by atomic mass is 15.3. The summed E-state index contributed by atoms with van der Waals surface area (Å²) >= 11 is 0. The molecule has 2 aromatic heterocycles. The number of rotatable bonds is 2. The fourth-order valence-corrected chi connectivity index (χ4v) is 2.81. The largest absolute Gasteiger partial charge is 0.370 e. The molecule has 3 aromatic rings. The van der Waals surface area contributed by atoms with E-state index in [1.165, 1.54) is 5.56 Å². The minimum atomic E-state index is 0.462.